The van der Waals surface area contributed by atoms with Crippen molar-refractivity contribution >= 4 is 23.0 Å². The highest BCUT2D eigenvalue weighted by molar-refractivity contribution is 6.30. The maximum absolute atomic E-state index is 13.8. The highest BCUT2D eigenvalue weighted by Crippen LogP contribution is 2.31. The average Bonchev–Trinajstić information content (AvgIpc) is 2.40. The SMILES string of the molecule is CC(Nc1ccc(Cl)cc1[N+](=O)[O-])c1ccc(O)cc1F. The Morgan fingerprint density at radius 2 is 2.05 bits per heavy atom. The van der Waals surface area contributed by atoms with Crippen molar-refractivity contribution in [3.05, 3.63) is 62.9 Å². The zero-order valence-corrected chi connectivity index (χ0v) is 11.8. The van der Waals surface area contributed by atoms with Gasteiger partial charge in [0.2, 0.25) is 0 Å². The largest absolute Gasteiger partial charge is 0.508 e. The van der Waals surface area contributed by atoms with Crippen LogP contribution in [0, 0.1) is 15.9 Å². The van der Waals surface area contributed by atoms with Gasteiger partial charge >= 0.3 is 0 Å². The number of nitro benzene ring substituents is 1. The molecule has 2 aromatic carbocycles. The molecule has 0 spiro atoms. The van der Waals surface area contributed by atoms with Crippen molar-refractivity contribution in [2.24, 2.45) is 0 Å². The van der Waals surface area contributed by atoms with E-state index in [0.717, 1.165) is 6.07 Å². The minimum Gasteiger partial charge on any atom is -0.508 e. The van der Waals surface area contributed by atoms with E-state index >= 15 is 0 Å². The van der Waals surface area contributed by atoms with Crippen LogP contribution in [0.1, 0.15) is 18.5 Å². The van der Waals surface area contributed by atoms with Gasteiger partial charge in [0, 0.05) is 22.7 Å². The monoisotopic (exact) mass is 310 g/mol. The molecule has 1 atom stereocenters. The van der Waals surface area contributed by atoms with E-state index in [4.69, 9.17) is 11.6 Å². The van der Waals surface area contributed by atoms with Gasteiger partial charge in [-0.25, -0.2) is 4.39 Å². The summed E-state index contributed by atoms with van der Waals surface area (Å²) in [6, 6.07) is 7.45. The number of benzene rings is 2. The van der Waals surface area contributed by atoms with Gasteiger partial charge in [-0.2, -0.15) is 0 Å². The van der Waals surface area contributed by atoms with E-state index in [1.165, 1.54) is 30.3 Å². The number of hydrogen-bond acceptors (Lipinski definition) is 4. The molecular formula is C14H12ClFN2O3. The van der Waals surface area contributed by atoms with Crippen molar-refractivity contribution < 1.29 is 14.4 Å². The van der Waals surface area contributed by atoms with Crippen molar-refractivity contribution in [3.8, 4) is 5.75 Å². The Hall–Kier alpha value is -2.34. The van der Waals surface area contributed by atoms with E-state index in [1.807, 2.05) is 0 Å². The van der Waals surface area contributed by atoms with Gasteiger partial charge < -0.3 is 10.4 Å². The van der Waals surface area contributed by atoms with Crippen LogP contribution in [0.15, 0.2) is 36.4 Å². The Bertz CT molecular complexity index is 694. The fraction of sp³-hybridized carbons (Fsp3) is 0.143. The summed E-state index contributed by atoms with van der Waals surface area (Å²) in [5.74, 6) is -0.771. The molecule has 0 saturated heterocycles. The van der Waals surface area contributed by atoms with Crippen LogP contribution in [0.25, 0.3) is 0 Å². The second kappa shape index (κ2) is 5.97. The fourth-order valence-corrected chi connectivity index (χ4v) is 2.12. The van der Waals surface area contributed by atoms with Crippen molar-refractivity contribution in [1.29, 1.82) is 0 Å². The fourth-order valence-electron chi connectivity index (χ4n) is 1.96. The lowest BCUT2D eigenvalue weighted by Gasteiger charge is -2.16. The molecule has 0 aliphatic heterocycles. The molecule has 0 aliphatic carbocycles. The summed E-state index contributed by atoms with van der Waals surface area (Å²) < 4.78 is 13.8. The molecule has 0 aliphatic rings. The molecule has 1 unspecified atom stereocenters. The number of rotatable bonds is 4. The highest BCUT2D eigenvalue weighted by Gasteiger charge is 2.18. The summed E-state index contributed by atoms with van der Waals surface area (Å²) in [6.07, 6.45) is 0. The van der Waals surface area contributed by atoms with Crippen LogP contribution < -0.4 is 5.32 Å². The molecule has 0 radical (unpaired) electrons. The minimum atomic E-state index is -0.591. The van der Waals surface area contributed by atoms with Crippen molar-refractivity contribution in [2.75, 3.05) is 5.32 Å². The maximum atomic E-state index is 13.8. The zero-order valence-electron chi connectivity index (χ0n) is 11.0. The standard InChI is InChI=1S/C14H12ClFN2O3/c1-8(11-4-3-10(19)7-12(11)16)17-13-5-2-9(15)6-14(13)18(20)21/h2-8,17,19H,1H3. The number of halogens is 2. The molecule has 21 heavy (non-hydrogen) atoms. The van der Waals surface area contributed by atoms with Gasteiger partial charge in [-0.1, -0.05) is 17.7 Å². The quantitative estimate of drug-likeness (QED) is 0.653. The van der Waals surface area contributed by atoms with Crippen molar-refractivity contribution in [3.63, 3.8) is 0 Å². The van der Waals surface area contributed by atoms with Gasteiger partial charge in [-0.3, -0.25) is 10.1 Å². The number of phenols is 1. The maximum Gasteiger partial charge on any atom is 0.293 e. The molecule has 2 N–H and O–H groups in total. The molecule has 5 nitrogen and oxygen atoms in total. The summed E-state index contributed by atoms with van der Waals surface area (Å²) in [6.45, 7) is 1.66. The second-order valence-corrected chi connectivity index (χ2v) is 4.93. The predicted octanol–water partition coefficient (Wildman–Crippen LogP) is 4.27. The predicted molar refractivity (Wildman–Crippen MR) is 78.2 cm³/mol. The topological polar surface area (TPSA) is 75.4 Å². The molecule has 2 rings (SSSR count). The van der Waals surface area contributed by atoms with Crippen molar-refractivity contribution in [1.82, 2.24) is 0 Å². The lowest BCUT2D eigenvalue weighted by molar-refractivity contribution is -0.384. The second-order valence-electron chi connectivity index (χ2n) is 4.49. The average molecular weight is 311 g/mol. The van der Waals surface area contributed by atoms with Gasteiger partial charge in [-0.15, -0.1) is 0 Å². The minimum absolute atomic E-state index is 0.180. The molecule has 0 heterocycles. The molecule has 7 heteroatoms. The van der Waals surface area contributed by atoms with Gasteiger partial charge in [0.25, 0.3) is 5.69 Å². The molecular weight excluding hydrogens is 299 g/mol. The number of nitro groups is 1. The molecule has 110 valence electrons. The van der Waals surface area contributed by atoms with E-state index in [2.05, 4.69) is 5.32 Å². The third-order valence-corrected chi connectivity index (χ3v) is 3.21. The molecule has 0 fully saturated rings. The normalized spacial score (nSPS) is 12.0. The number of nitrogens with one attached hydrogen (secondary N) is 1. The summed E-state index contributed by atoms with van der Waals surface area (Å²) in [7, 11) is 0. The van der Waals surface area contributed by atoms with Crippen LogP contribution >= 0.6 is 11.6 Å². The molecule has 0 amide bonds. The Morgan fingerprint density at radius 1 is 1.33 bits per heavy atom. The van der Waals surface area contributed by atoms with E-state index in [9.17, 15) is 19.6 Å². The highest BCUT2D eigenvalue weighted by atomic mass is 35.5. The molecule has 0 aromatic heterocycles. The van der Waals surface area contributed by atoms with Crippen LogP contribution in [0.4, 0.5) is 15.8 Å². The Morgan fingerprint density at radius 3 is 2.67 bits per heavy atom. The Balaban J connectivity index is 2.31. The molecule has 2 aromatic rings. The molecule has 0 bridgehead atoms. The third kappa shape index (κ3) is 3.41. The first kappa shape index (κ1) is 15.1. The van der Waals surface area contributed by atoms with Crippen LogP contribution in [-0.2, 0) is 0 Å². The van der Waals surface area contributed by atoms with Crippen molar-refractivity contribution in [2.45, 2.75) is 13.0 Å². The number of aromatic hydroxyl groups is 1. The van der Waals surface area contributed by atoms with E-state index in [0.29, 0.717) is 0 Å². The first-order valence-corrected chi connectivity index (χ1v) is 6.45. The van der Waals surface area contributed by atoms with Crippen LogP contribution in [0.5, 0.6) is 5.75 Å². The van der Waals surface area contributed by atoms with Gasteiger partial charge in [0.15, 0.2) is 0 Å². The van der Waals surface area contributed by atoms with Crippen LogP contribution in [0.3, 0.4) is 0 Å². The van der Waals surface area contributed by atoms with E-state index in [1.54, 1.807) is 6.92 Å². The summed E-state index contributed by atoms with van der Waals surface area (Å²) in [4.78, 5) is 10.4. The van der Waals surface area contributed by atoms with Gasteiger partial charge in [-0.05, 0) is 25.1 Å². The summed E-state index contributed by atoms with van der Waals surface area (Å²) in [5, 5.41) is 23.3. The van der Waals surface area contributed by atoms with Crippen LogP contribution in [0.2, 0.25) is 5.02 Å². The lowest BCUT2D eigenvalue weighted by atomic mass is 10.1. The number of anilines is 1. The Labute approximate surface area is 125 Å². The first-order valence-electron chi connectivity index (χ1n) is 6.07. The number of nitrogens with zero attached hydrogens (tertiary/aromatic N) is 1. The third-order valence-electron chi connectivity index (χ3n) is 2.98. The van der Waals surface area contributed by atoms with E-state index < -0.39 is 16.8 Å². The van der Waals surface area contributed by atoms with Gasteiger partial charge in [0.05, 0.1) is 11.0 Å². The number of hydrogen-bond donors (Lipinski definition) is 2. The van der Waals surface area contributed by atoms with Crippen LogP contribution in [-0.4, -0.2) is 10.0 Å². The van der Waals surface area contributed by atoms with E-state index in [-0.39, 0.29) is 27.7 Å². The molecule has 0 saturated carbocycles. The van der Waals surface area contributed by atoms with Gasteiger partial charge in [0.1, 0.15) is 17.3 Å². The first-order chi connectivity index (χ1) is 9.88. The Kier molecular flexibility index (Phi) is 4.28. The number of phenolic OH excluding ortho intramolecular Hbond substituents is 1. The lowest BCUT2D eigenvalue weighted by Crippen LogP contribution is -2.10. The summed E-state index contributed by atoms with van der Waals surface area (Å²) >= 11 is 5.74. The summed E-state index contributed by atoms with van der Waals surface area (Å²) in [5.41, 5.74) is 0.343. The zero-order chi connectivity index (χ0) is 15.6. The smallest absolute Gasteiger partial charge is 0.293 e.